The second kappa shape index (κ2) is 3.53. The number of hydrogen-bond donors (Lipinski definition) is 1. The SMILES string of the molecule is Cc1[nH]c2ccc3ncc([N+](=O)[O-])cc3c2c1C. The predicted octanol–water partition coefficient (Wildman–Crippen LogP) is 3.24. The van der Waals surface area contributed by atoms with Gasteiger partial charge in [-0.3, -0.25) is 10.1 Å². The quantitative estimate of drug-likeness (QED) is 0.525. The summed E-state index contributed by atoms with van der Waals surface area (Å²) in [6.07, 6.45) is 1.29. The number of rotatable bonds is 1. The molecule has 0 aliphatic rings. The average molecular weight is 241 g/mol. The number of nitrogens with zero attached hydrogens (tertiary/aromatic N) is 2. The molecule has 0 atom stereocenters. The van der Waals surface area contributed by atoms with Gasteiger partial charge >= 0.3 is 0 Å². The highest BCUT2D eigenvalue weighted by Gasteiger charge is 2.12. The highest BCUT2D eigenvalue weighted by atomic mass is 16.6. The Labute approximate surface area is 103 Å². The summed E-state index contributed by atoms with van der Waals surface area (Å²) in [6.45, 7) is 4.00. The average Bonchev–Trinajstić information content (AvgIpc) is 2.65. The molecule has 3 aromatic rings. The smallest absolute Gasteiger partial charge is 0.288 e. The van der Waals surface area contributed by atoms with Crippen LogP contribution in [0.4, 0.5) is 5.69 Å². The van der Waals surface area contributed by atoms with Gasteiger partial charge in [-0.2, -0.15) is 0 Å². The van der Waals surface area contributed by atoms with Crippen LogP contribution >= 0.6 is 0 Å². The largest absolute Gasteiger partial charge is 0.358 e. The lowest BCUT2D eigenvalue weighted by molar-refractivity contribution is -0.385. The van der Waals surface area contributed by atoms with E-state index < -0.39 is 4.92 Å². The second-order valence-corrected chi connectivity index (χ2v) is 4.38. The zero-order chi connectivity index (χ0) is 12.9. The van der Waals surface area contributed by atoms with Crippen LogP contribution in [0.1, 0.15) is 11.3 Å². The molecule has 5 heteroatoms. The summed E-state index contributed by atoms with van der Waals surface area (Å²) in [6, 6.07) is 5.41. The van der Waals surface area contributed by atoms with Crippen LogP contribution in [0.25, 0.3) is 21.8 Å². The Morgan fingerprint density at radius 3 is 2.83 bits per heavy atom. The molecule has 90 valence electrons. The molecule has 1 aromatic carbocycles. The number of benzene rings is 1. The molecule has 0 unspecified atom stereocenters. The molecule has 1 N–H and O–H groups in total. The minimum Gasteiger partial charge on any atom is -0.358 e. The first-order chi connectivity index (χ1) is 8.58. The van der Waals surface area contributed by atoms with Gasteiger partial charge in [0.15, 0.2) is 0 Å². The Morgan fingerprint density at radius 2 is 2.11 bits per heavy atom. The van der Waals surface area contributed by atoms with Crippen molar-refractivity contribution in [1.82, 2.24) is 9.97 Å². The molecular formula is C13H11N3O2. The van der Waals surface area contributed by atoms with E-state index in [9.17, 15) is 10.1 Å². The second-order valence-electron chi connectivity index (χ2n) is 4.38. The number of H-pyrrole nitrogens is 1. The third kappa shape index (κ3) is 1.37. The number of pyridine rings is 1. The fourth-order valence-electron chi connectivity index (χ4n) is 2.28. The van der Waals surface area contributed by atoms with E-state index in [1.165, 1.54) is 6.20 Å². The standard InChI is InChI=1S/C13H11N3O2/c1-7-8(2)15-12-4-3-11-10(13(7)12)5-9(6-14-11)16(17)18/h3-6,15H,1-2H3. The summed E-state index contributed by atoms with van der Waals surface area (Å²) in [7, 11) is 0. The van der Waals surface area contributed by atoms with E-state index in [1.807, 2.05) is 26.0 Å². The summed E-state index contributed by atoms with van der Waals surface area (Å²) in [5.74, 6) is 0. The van der Waals surface area contributed by atoms with Crippen molar-refractivity contribution >= 4 is 27.5 Å². The molecule has 0 radical (unpaired) electrons. The first-order valence-electron chi connectivity index (χ1n) is 5.60. The van der Waals surface area contributed by atoms with Crippen molar-refractivity contribution < 1.29 is 4.92 Å². The monoisotopic (exact) mass is 241 g/mol. The van der Waals surface area contributed by atoms with Crippen LogP contribution in [0.5, 0.6) is 0 Å². The predicted molar refractivity (Wildman–Crippen MR) is 69.7 cm³/mol. The molecule has 3 rings (SSSR count). The number of aryl methyl sites for hydroxylation is 2. The molecule has 5 nitrogen and oxygen atoms in total. The molecule has 2 aromatic heterocycles. The maximum Gasteiger partial charge on any atom is 0.288 e. The van der Waals surface area contributed by atoms with Crippen LogP contribution < -0.4 is 0 Å². The van der Waals surface area contributed by atoms with Crippen molar-refractivity contribution in [3.8, 4) is 0 Å². The van der Waals surface area contributed by atoms with E-state index in [0.717, 1.165) is 33.1 Å². The minimum absolute atomic E-state index is 0.0215. The minimum atomic E-state index is -0.417. The number of aromatic nitrogens is 2. The molecule has 0 fully saturated rings. The number of hydrogen-bond acceptors (Lipinski definition) is 3. The molecular weight excluding hydrogens is 230 g/mol. The van der Waals surface area contributed by atoms with E-state index in [-0.39, 0.29) is 5.69 Å². The molecule has 0 saturated carbocycles. The van der Waals surface area contributed by atoms with Gasteiger partial charge in [0, 0.05) is 28.0 Å². The van der Waals surface area contributed by atoms with E-state index in [0.29, 0.717) is 0 Å². The normalized spacial score (nSPS) is 11.2. The lowest BCUT2D eigenvalue weighted by Gasteiger charge is -2.00. The van der Waals surface area contributed by atoms with Crippen molar-refractivity contribution in [2.75, 3.05) is 0 Å². The molecule has 0 aliphatic heterocycles. The van der Waals surface area contributed by atoms with Gasteiger partial charge in [0.1, 0.15) is 6.20 Å². The van der Waals surface area contributed by atoms with Crippen molar-refractivity contribution in [1.29, 1.82) is 0 Å². The van der Waals surface area contributed by atoms with Crippen LogP contribution in [0, 0.1) is 24.0 Å². The summed E-state index contributed by atoms with van der Waals surface area (Å²) < 4.78 is 0. The highest BCUT2D eigenvalue weighted by molar-refractivity contribution is 6.07. The summed E-state index contributed by atoms with van der Waals surface area (Å²) in [5, 5.41) is 12.7. The lowest BCUT2D eigenvalue weighted by Crippen LogP contribution is -1.90. The van der Waals surface area contributed by atoms with Gasteiger partial charge in [0.05, 0.1) is 10.4 Å². The lowest BCUT2D eigenvalue weighted by atomic mass is 10.1. The zero-order valence-corrected chi connectivity index (χ0v) is 10.0. The Hall–Kier alpha value is -2.43. The van der Waals surface area contributed by atoms with Gasteiger partial charge in [-0.05, 0) is 31.5 Å². The highest BCUT2D eigenvalue weighted by Crippen LogP contribution is 2.30. The molecule has 0 spiro atoms. The van der Waals surface area contributed by atoms with Gasteiger partial charge in [-0.1, -0.05) is 0 Å². The summed E-state index contributed by atoms with van der Waals surface area (Å²) >= 11 is 0. The van der Waals surface area contributed by atoms with E-state index >= 15 is 0 Å². The molecule has 2 heterocycles. The molecule has 0 bridgehead atoms. The Kier molecular flexibility index (Phi) is 2.10. The number of fused-ring (bicyclic) bond motifs is 3. The summed E-state index contributed by atoms with van der Waals surface area (Å²) in [5.41, 5.74) is 3.96. The van der Waals surface area contributed by atoms with Crippen molar-refractivity contribution in [3.63, 3.8) is 0 Å². The van der Waals surface area contributed by atoms with Crippen LogP contribution in [-0.2, 0) is 0 Å². The van der Waals surface area contributed by atoms with Crippen molar-refractivity contribution in [3.05, 3.63) is 45.8 Å². The van der Waals surface area contributed by atoms with Crippen LogP contribution in [0.3, 0.4) is 0 Å². The molecule has 0 saturated heterocycles. The van der Waals surface area contributed by atoms with Gasteiger partial charge in [-0.25, -0.2) is 4.98 Å². The maximum atomic E-state index is 10.8. The number of nitrogens with one attached hydrogen (secondary N) is 1. The first-order valence-corrected chi connectivity index (χ1v) is 5.60. The van der Waals surface area contributed by atoms with Crippen molar-refractivity contribution in [2.24, 2.45) is 0 Å². The van der Waals surface area contributed by atoms with Gasteiger partial charge < -0.3 is 4.98 Å². The maximum absolute atomic E-state index is 10.8. The van der Waals surface area contributed by atoms with E-state index in [4.69, 9.17) is 0 Å². The van der Waals surface area contributed by atoms with Crippen LogP contribution in [0.2, 0.25) is 0 Å². The van der Waals surface area contributed by atoms with E-state index in [1.54, 1.807) is 6.07 Å². The van der Waals surface area contributed by atoms with Gasteiger partial charge in [0.2, 0.25) is 0 Å². The fourth-order valence-corrected chi connectivity index (χ4v) is 2.28. The molecule has 0 amide bonds. The third-order valence-corrected chi connectivity index (χ3v) is 3.32. The number of aromatic amines is 1. The number of nitro groups is 1. The zero-order valence-electron chi connectivity index (χ0n) is 10.0. The van der Waals surface area contributed by atoms with E-state index in [2.05, 4.69) is 9.97 Å². The van der Waals surface area contributed by atoms with Gasteiger partial charge in [0.25, 0.3) is 5.69 Å². The summed E-state index contributed by atoms with van der Waals surface area (Å²) in [4.78, 5) is 17.8. The fraction of sp³-hybridized carbons (Fsp3) is 0.154. The Balaban J connectivity index is 2.50. The topological polar surface area (TPSA) is 71.8 Å². The molecule has 0 aliphatic carbocycles. The third-order valence-electron chi connectivity index (χ3n) is 3.32. The Morgan fingerprint density at radius 1 is 1.33 bits per heavy atom. The molecule has 18 heavy (non-hydrogen) atoms. The first kappa shape index (κ1) is 10.7. The van der Waals surface area contributed by atoms with Crippen LogP contribution in [-0.4, -0.2) is 14.9 Å². The van der Waals surface area contributed by atoms with Crippen LogP contribution in [0.15, 0.2) is 24.4 Å². The Bertz CT molecular complexity index is 790. The van der Waals surface area contributed by atoms with Gasteiger partial charge in [-0.15, -0.1) is 0 Å². The van der Waals surface area contributed by atoms with Crippen molar-refractivity contribution in [2.45, 2.75) is 13.8 Å².